The van der Waals surface area contributed by atoms with Crippen molar-refractivity contribution in [2.45, 2.75) is 38.5 Å². The minimum Gasteiger partial charge on any atom is -0.492 e. The topological polar surface area (TPSA) is 80.7 Å². The molecule has 0 spiro atoms. The second kappa shape index (κ2) is 9.82. The van der Waals surface area contributed by atoms with Crippen LogP contribution in [0.15, 0.2) is 18.2 Å². The molecule has 7 heteroatoms. The van der Waals surface area contributed by atoms with Crippen molar-refractivity contribution in [3.8, 4) is 5.75 Å². The molecule has 22 heavy (non-hydrogen) atoms. The Balaban J connectivity index is 2.07. The van der Waals surface area contributed by atoms with E-state index in [-0.39, 0.29) is 5.75 Å². The van der Waals surface area contributed by atoms with Gasteiger partial charge in [-0.25, -0.2) is 0 Å². The van der Waals surface area contributed by atoms with Crippen LogP contribution >= 0.6 is 11.6 Å². The van der Waals surface area contributed by atoms with Crippen LogP contribution in [-0.4, -0.2) is 31.6 Å². The van der Waals surface area contributed by atoms with Crippen LogP contribution in [0.25, 0.3) is 0 Å². The smallest absolute Gasteiger partial charge is 0.264 e. The molecule has 0 saturated heterocycles. The zero-order chi connectivity index (χ0) is 16.4. The van der Waals surface area contributed by atoms with E-state index >= 15 is 0 Å². The van der Waals surface area contributed by atoms with Gasteiger partial charge in [-0.2, -0.15) is 8.42 Å². The van der Waals surface area contributed by atoms with Crippen molar-refractivity contribution in [3.63, 3.8) is 0 Å². The summed E-state index contributed by atoms with van der Waals surface area (Å²) in [5.41, 5.74) is 0.516. The van der Waals surface area contributed by atoms with E-state index in [1.807, 2.05) is 0 Å². The first kappa shape index (κ1) is 18.9. The summed E-state index contributed by atoms with van der Waals surface area (Å²) in [6.45, 7) is 0.547. The first-order valence-corrected chi connectivity index (χ1v) is 9.24. The summed E-state index contributed by atoms with van der Waals surface area (Å²) >= 11 is 5.99. The molecular formula is C15H21ClO5S. The molecule has 0 aliphatic heterocycles. The van der Waals surface area contributed by atoms with Gasteiger partial charge in [0, 0.05) is 5.56 Å². The summed E-state index contributed by atoms with van der Waals surface area (Å²) in [6.07, 6.45) is 5.81. The highest BCUT2D eigenvalue weighted by Gasteiger charge is 2.04. The van der Waals surface area contributed by atoms with Crippen molar-refractivity contribution >= 4 is 28.0 Å². The van der Waals surface area contributed by atoms with E-state index in [2.05, 4.69) is 0 Å². The molecule has 1 N–H and O–H groups in total. The molecule has 1 aromatic carbocycles. The van der Waals surface area contributed by atoms with E-state index in [1.54, 1.807) is 18.2 Å². The molecule has 0 fully saturated rings. The number of carbonyl (C=O) groups is 1. The van der Waals surface area contributed by atoms with Crippen molar-refractivity contribution in [2.75, 3.05) is 12.4 Å². The van der Waals surface area contributed by atoms with Crippen LogP contribution in [0.4, 0.5) is 0 Å². The van der Waals surface area contributed by atoms with Crippen molar-refractivity contribution < 1.29 is 22.5 Å². The first-order chi connectivity index (χ1) is 10.4. The zero-order valence-electron chi connectivity index (χ0n) is 12.3. The third kappa shape index (κ3) is 8.36. The maximum Gasteiger partial charge on any atom is 0.264 e. The molecule has 0 saturated carbocycles. The maximum absolute atomic E-state index is 10.6. The van der Waals surface area contributed by atoms with Crippen molar-refractivity contribution in [1.82, 2.24) is 0 Å². The summed E-state index contributed by atoms with van der Waals surface area (Å²) in [6, 6.07) is 4.91. The van der Waals surface area contributed by atoms with Crippen molar-refractivity contribution in [2.24, 2.45) is 0 Å². The Morgan fingerprint density at radius 1 is 1.09 bits per heavy atom. The average Bonchev–Trinajstić information content (AvgIpc) is 2.45. The second-order valence-corrected chi connectivity index (χ2v) is 7.04. The molecule has 1 aromatic rings. The fourth-order valence-corrected chi connectivity index (χ4v) is 2.80. The Bertz CT molecular complexity index is 571. The SMILES string of the molecule is O=Cc1ccc(OCCCCCCCCS(=O)(=O)O)c(Cl)c1. The van der Waals surface area contributed by atoms with Crippen LogP contribution in [0, 0.1) is 0 Å². The molecule has 124 valence electrons. The molecule has 0 aliphatic rings. The summed E-state index contributed by atoms with van der Waals surface area (Å²) < 4.78 is 35.2. The Labute approximate surface area is 136 Å². The summed E-state index contributed by atoms with van der Waals surface area (Å²) in [4.78, 5) is 10.6. The second-order valence-electron chi connectivity index (χ2n) is 5.06. The third-order valence-electron chi connectivity index (χ3n) is 3.15. The minimum atomic E-state index is -3.82. The van der Waals surface area contributed by atoms with E-state index < -0.39 is 10.1 Å². The molecule has 0 heterocycles. The number of benzene rings is 1. The molecular weight excluding hydrogens is 328 g/mol. The van der Waals surface area contributed by atoms with Gasteiger partial charge in [-0.3, -0.25) is 9.35 Å². The quantitative estimate of drug-likeness (QED) is 0.374. The fourth-order valence-electron chi connectivity index (χ4n) is 1.98. The summed E-state index contributed by atoms with van der Waals surface area (Å²) in [5, 5.41) is 0.426. The van der Waals surface area contributed by atoms with Gasteiger partial charge in [-0.05, 0) is 31.0 Å². The minimum absolute atomic E-state index is 0.161. The lowest BCUT2D eigenvalue weighted by molar-refractivity contribution is 0.112. The van der Waals surface area contributed by atoms with Crippen LogP contribution in [0.2, 0.25) is 5.02 Å². The van der Waals surface area contributed by atoms with Gasteiger partial charge in [0.05, 0.1) is 17.4 Å². The van der Waals surface area contributed by atoms with E-state index in [4.69, 9.17) is 20.9 Å². The van der Waals surface area contributed by atoms with Gasteiger partial charge in [0.25, 0.3) is 10.1 Å². The maximum atomic E-state index is 10.6. The van der Waals surface area contributed by atoms with Crippen LogP contribution in [0.5, 0.6) is 5.75 Å². The number of rotatable bonds is 11. The lowest BCUT2D eigenvalue weighted by atomic mass is 10.1. The number of aldehydes is 1. The Morgan fingerprint density at radius 3 is 2.32 bits per heavy atom. The lowest BCUT2D eigenvalue weighted by Crippen LogP contribution is -2.03. The number of hydrogen-bond donors (Lipinski definition) is 1. The lowest BCUT2D eigenvalue weighted by Gasteiger charge is -2.08. The number of carbonyl (C=O) groups excluding carboxylic acids is 1. The van der Waals surface area contributed by atoms with E-state index in [1.165, 1.54) is 0 Å². The Hall–Kier alpha value is -1.11. The highest BCUT2D eigenvalue weighted by Crippen LogP contribution is 2.25. The largest absolute Gasteiger partial charge is 0.492 e. The highest BCUT2D eigenvalue weighted by atomic mass is 35.5. The molecule has 0 atom stereocenters. The highest BCUT2D eigenvalue weighted by molar-refractivity contribution is 7.85. The van der Waals surface area contributed by atoms with Gasteiger partial charge in [-0.1, -0.05) is 37.3 Å². The molecule has 0 aromatic heterocycles. The van der Waals surface area contributed by atoms with Crippen LogP contribution < -0.4 is 4.74 Å². The van der Waals surface area contributed by atoms with Crippen LogP contribution in [-0.2, 0) is 10.1 Å². The molecule has 1 rings (SSSR count). The summed E-state index contributed by atoms with van der Waals surface area (Å²) in [7, 11) is -3.82. The Morgan fingerprint density at radius 2 is 1.73 bits per heavy atom. The standard InChI is InChI=1S/C15H21ClO5S/c16-14-11-13(12-17)7-8-15(14)21-9-5-3-1-2-4-6-10-22(18,19)20/h7-8,11-12H,1-6,9-10H2,(H,18,19,20). The molecule has 0 amide bonds. The van der Waals surface area contributed by atoms with Gasteiger partial charge in [0.1, 0.15) is 12.0 Å². The van der Waals surface area contributed by atoms with E-state index in [0.29, 0.717) is 29.4 Å². The predicted molar refractivity (Wildman–Crippen MR) is 86.5 cm³/mol. The third-order valence-corrected chi connectivity index (χ3v) is 4.25. The Kier molecular flexibility index (Phi) is 8.45. The average molecular weight is 349 g/mol. The normalized spacial score (nSPS) is 11.4. The number of hydrogen-bond acceptors (Lipinski definition) is 4. The van der Waals surface area contributed by atoms with Crippen molar-refractivity contribution in [1.29, 1.82) is 0 Å². The van der Waals surface area contributed by atoms with Gasteiger partial charge in [0.2, 0.25) is 0 Å². The molecule has 0 aliphatic carbocycles. The van der Waals surface area contributed by atoms with E-state index in [9.17, 15) is 13.2 Å². The van der Waals surface area contributed by atoms with Gasteiger partial charge in [-0.15, -0.1) is 0 Å². The van der Waals surface area contributed by atoms with Gasteiger partial charge < -0.3 is 4.74 Å². The fraction of sp³-hybridized carbons (Fsp3) is 0.533. The van der Waals surface area contributed by atoms with Gasteiger partial charge >= 0.3 is 0 Å². The van der Waals surface area contributed by atoms with Crippen molar-refractivity contribution in [3.05, 3.63) is 28.8 Å². The predicted octanol–water partition coefficient (Wildman–Crippen LogP) is 3.76. The zero-order valence-corrected chi connectivity index (χ0v) is 13.9. The molecule has 0 unspecified atom stereocenters. The number of unbranched alkanes of at least 4 members (excludes halogenated alkanes) is 5. The molecule has 5 nitrogen and oxygen atoms in total. The number of ether oxygens (including phenoxy) is 1. The van der Waals surface area contributed by atoms with Gasteiger partial charge in [0.15, 0.2) is 0 Å². The first-order valence-electron chi connectivity index (χ1n) is 7.25. The van der Waals surface area contributed by atoms with Crippen LogP contribution in [0.1, 0.15) is 48.9 Å². The van der Waals surface area contributed by atoms with Crippen LogP contribution in [0.3, 0.4) is 0 Å². The number of halogens is 1. The van der Waals surface area contributed by atoms with E-state index in [0.717, 1.165) is 38.4 Å². The monoisotopic (exact) mass is 348 g/mol. The summed E-state index contributed by atoms with van der Waals surface area (Å²) in [5.74, 6) is 0.409. The molecule has 0 bridgehead atoms. The molecule has 0 radical (unpaired) electrons.